The summed E-state index contributed by atoms with van der Waals surface area (Å²) in [4.78, 5) is 18.6. The van der Waals surface area contributed by atoms with Crippen molar-refractivity contribution >= 4 is 53.1 Å². The van der Waals surface area contributed by atoms with Gasteiger partial charge in [0.15, 0.2) is 5.96 Å². The molecule has 9 heteroatoms. The fourth-order valence-corrected chi connectivity index (χ4v) is 3.38. The molecule has 1 amide bonds. The quantitative estimate of drug-likeness (QED) is 0.311. The Balaban J connectivity index is 0.00000450. The number of halogens is 2. The molecule has 0 aliphatic heterocycles. The highest BCUT2D eigenvalue weighted by Crippen LogP contribution is 2.22. The molecule has 7 nitrogen and oxygen atoms in total. The van der Waals surface area contributed by atoms with Crippen LogP contribution >= 0.6 is 35.6 Å². The van der Waals surface area contributed by atoms with Crippen molar-refractivity contribution in [1.82, 2.24) is 20.0 Å². The maximum absolute atomic E-state index is 12.2. The van der Waals surface area contributed by atoms with E-state index < -0.39 is 0 Å². The standard InChI is InChI=1S/C21H31ClN6O.HI/c1-14(2)20-16(13-28(6)26-20)12-27(5)21(23-4)24-10-9-19(29)25-18-8-7-15(3)11-17(18)22;/h7-8,11,13-14H,9-10,12H2,1-6H3,(H,23,24)(H,25,29);1H. The highest BCUT2D eigenvalue weighted by atomic mass is 127. The van der Waals surface area contributed by atoms with Crippen molar-refractivity contribution in [2.75, 3.05) is 26.0 Å². The molecule has 2 N–H and O–H groups in total. The number of rotatable bonds is 7. The first-order chi connectivity index (χ1) is 13.7. The van der Waals surface area contributed by atoms with Crippen LogP contribution in [0.1, 0.15) is 43.0 Å². The third kappa shape index (κ3) is 7.46. The van der Waals surface area contributed by atoms with Crippen LogP contribution in [-0.2, 0) is 18.4 Å². The number of benzene rings is 1. The minimum Gasteiger partial charge on any atom is -0.356 e. The lowest BCUT2D eigenvalue weighted by atomic mass is 10.1. The topological polar surface area (TPSA) is 74.6 Å². The van der Waals surface area contributed by atoms with E-state index in [1.54, 1.807) is 7.05 Å². The molecule has 2 rings (SSSR count). The smallest absolute Gasteiger partial charge is 0.226 e. The van der Waals surface area contributed by atoms with E-state index in [2.05, 4.69) is 34.6 Å². The summed E-state index contributed by atoms with van der Waals surface area (Å²) in [6.07, 6.45) is 2.35. The minimum absolute atomic E-state index is 0. The van der Waals surface area contributed by atoms with Gasteiger partial charge in [-0.2, -0.15) is 5.10 Å². The highest BCUT2D eigenvalue weighted by molar-refractivity contribution is 14.0. The van der Waals surface area contributed by atoms with Crippen LogP contribution in [0, 0.1) is 6.92 Å². The zero-order valence-electron chi connectivity index (χ0n) is 18.5. The summed E-state index contributed by atoms with van der Waals surface area (Å²) in [5, 5.41) is 11.2. The predicted octanol–water partition coefficient (Wildman–Crippen LogP) is 4.16. The molecule has 2 aromatic rings. The van der Waals surface area contributed by atoms with E-state index in [0.29, 0.717) is 36.1 Å². The van der Waals surface area contributed by atoms with Gasteiger partial charge >= 0.3 is 0 Å². The van der Waals surface area contributed by atoms with Gasteiger partial charge < -0.3 is 15.5 Å². The average molecular weight is 547 g/mol. The summed E-state index contributed by atoms with van der Waals surface area (Å²) in [6.45, 7) is 7.39. The number of nitrogens with one attached hydrogen (secondary N) is 2. The molecule has 30 heavy (non-hydrogen) atoms. The number of guanidine groups is 1. The molecule has 0 bridgehead atoms. The lowest BCUT2D eigenvalue weighted by Gasteiger charge is -2.22. The number of aromatic nitrogens is 2. The van der Waals surface area contributed by atoms with Crippen molar-refractivity contribution in [3.8, 4) is 0 Å². The summed E-state index contributed by atoms with van der Waals surface area (Å²) in [5.74, 6) is 0.979. The number of hydrogen-bond donors (Lipinski definition) is 2. The number of amides is 1. The second-order valence-corrected chi connectivity index (χ2v) is 7.89. The van der Waals surface area contributed by atoms with Crippen molar-refractivity contribution in [1.29, 1.82) is 0 Å². The van der Waals surface area contributed by atoms with Crippen molar-refractivity contribution in [2.24, 2.45) is 12.0 Å². The average Bonchev–Trinajstić information content (AvgIpc) is 3.01. The number of hydrogen-bond acceptors (Lipinski definition) is 3. The first-order valence-electron chi connectivity index (χ1n) is 9.71. The molecule has 0 unspecified atom stereocenters. The molecule has 0 fully saturated rings. The molecular formula is C21H32ClIN6O. The molecule has 0 aliphatic rings. The van der Waals surface area contributed by atoms with Gasteiger partial charge in [0, 0.05) is 52.4 Å². The largest absolute Gasteiger partial charge is 0.356 e. The molecule has 0 spiro atoms. The lowest BCUT2D eigenvalue weighted by Crippen LogP contribution is -2.39. The van der Waals surface area contributed by atoms with Gasteiger partial charge in [-0.1, -0.05) is 31.5 Å². The Bertz CT molecular complexity index is 880. The number of aliphatic imine (C=N–C) groups is 1. The maximum atomic E-state index is 12.2. The Morgan fingerprint density at radius 1 is 1.37 bits per heavy atom. The summed E-state index contributed by atoms with van der Waals surface area (Å²) >= 11 is 6.17. The predicted molar refractivity (Wildman–Crippen MR) is 135 cm³/mol. The van der Waals surface area contributed by atoms with Crippen molar-refractivity contribution in [3.05, 3.63) is 46.2 Å². The number of carbonyl (C=O) groups is 1. The van der Waals surface area contributed by atoms with Gasteiger partial charge in [0.05, 0.1) is 16.4 Å². The van der Waals surface area contributed by atoms with Crippen molar-refractivity contribution in [3.63, 3.8) is 0 Å². The van der Waals surface area contributed by atoms with E-state index in [1.807, 2.05) is 55.0 Å². The summed E-state index contributed by atoms with van der Waals surface area (Å²) in [7, 11) is 5.64. The lowest BCUT2D eigenvalue weighted by molar-refractivity contribution is -0.116. The maximum Gasteiger partial charge on any atom is 0.226 e. The van der Waals surface area contributed by atoms with Gasteiger partial charge in [-0.15, -0.1) is 24.0 Å². The summed E-state index contributed by atoms with van der Waals surface area (Å²) < 4.78 is 1.84. The van der Waals surface area contributed by atoms with Gasteiger partial charge in [-0.3, -0.25) is 14.5 Å². The Morgan fingerprint density at radius 3 is 2.67 bits per heavy atom. The molecule has 0 saturated heterocycles. The van der Waals surface area contributed by atoms with Crippen LogP contribution in [0.5, 0.6) is 0 Å². The molecule has 1 aromatic carbocycles. The van der Waals surface area contributed by atoms with E-state index >= 15 is 0 Å². The summed E-state index contributed by atoms with van der Waals surface area (Å²) in [6, 6.07) is 5.56. The Kier molecular flexibility index (Phi) is 10.6. The van der Waals surface area contributed by atoms with Crippen LogP contribution in [0.3, 0.4) is 0 Å². The summed E-state index contributed by atoms with van der Waals surface area (Å²) in [5.41, 5.74) is 3.93. The van der Waals surface area contributed by atoms with Gasteiger partial charge in [0.1, 0.15) is 0 Å². The Hall–Kier alpha value is -1.81. The first kappa shape index (κ1) is 26.2. The molecule has 1 aromatic heterocycles. The molecule has 166 valence electrons. The number of anilines is 1. The zero-order valence-corrected chi connectivity index (χ0v) is 21.6. The van der Waals surface area contributed by atoms with Crippen LogP contribution in [0.4, 0.5) is 5.69 Å². The third-order valence-corrected chi connectivity index (χ3v) is 4.81. The van der Waals surface area contributed by atoms with E-state index in [1.165, 1.54) is 5.56 Å². The van der Waals surface area contributed by atoms with Gasteiger partial charge in [-0.05, 0) is 30.5 Å². The normalized spacial score (nSPS) is 11.3. The van der Waals surface area contributed by atoms with Crippen LogP contribution in [0.25, 0.3) is 0 Å². The van der Waals surface area contributed by atoms with Crippen LogP contribution in [0.2, 0.25) is 5.02 Å². The van der Waals surface area contributed by atoms with Crippen LogP contribution < -0.4 is 10.6 Å². The zero-order chi connectivity index (χ0) is 21.6. The van der Waals surface area contributed by atoms with Crippen molar-refractivity contribution < 1.29 is 4.79 Å². The number of aryl methyl sites for hydroxylation is 2. The fourth-order valence-electron chi connectivity index (χ4n) is 3.10. The van der Waals surface area contributed by atoms with Crippen LogP contribution in [0.15, 0.2) is 29.4 Å². The van der Waals surface area contributed by atoms with E-state index in [4.69, 9.17) is 11.6 Å². The molecule has 0 aliphatic carbocycles. The molecule has 0 radical (unpaired) electrons. The van der Waals surface area contributed by atoms with E-state index in [9.17, 15) is 4.79 Å². The Morgan fingerprint density at radius 2 is 2.07 bits per heavy atom. The molecular weight excluding hydrogens is 515 g/mol. The van der Waals surface area contributed by atoms with Crippen molar-refractivity contribution in [2.45, 2.75) is 39.7 Å². The second-order valence-electron chi connectivity index (χ2n) is 7.48. The first-order valence-corrected chi connectivity index (χ1v) is 10.1. The fraction of sp³-hybridized carbons (Fsp3) is 0.476. The van der Waals surface area contributed by atoms with E-state index in [-0.39, 0.29) is 29.9 Å². The highest BCUT2D eigenvalue weighted by Gasteiger charge is 2.15. The van der Waals surface area contributed by atoms with Gasteiger partial charge in [-0.25, -0.2) is 0 Å². The molecule has 0 saturated carbocycles. The SMILES string of the molecule is CN=C(NCCC(=O)Nc1ccc(C)cc1Cl)N(C)Cc1cn(C)nc1C(C)C.I. The Labute approximate surface area is 201 Å². The number of carbonyl (C=O) groups excluding carboxylic acids is 1. The molecule has 1 heterocycles. The molecule has 0 atom stereocenters. The number of nitrogens with zero attached hydrogens (tertiary/aromatic N) is 4. The van der Waals surface area contributed by atoms with Gasteiger partial charge in [0.2, 0.25) is 5.91 Å². The van der Waals surface area contributed by atoms with Gasteiger partial charge in [0.25, 0.3) is 0 Å². The van der Waals surface area contributed by atoms with E-state index in [0.717, 1.165) is 17.2 Å². The monoisotopic (exact) mass is 546 g/mol. The minimum atomic E-state index is -0.101. The van der Waals surface area contributed by atoms with Crippen LogP contribution in [-0.4, -0.2) is 47.2 Å². The second kappa shape index (κ2) is 12.1. The third-order valence-electron chi connectivity index (χ3n) is 4.50.